The second-order valence-electron chi connectivity index (χ2n) is 9.37. The van der Waals surface area contributed by atoms with Gasteiger partial charge in [-0.05, 0) is 17.3 Å². The van der Waals surface area contributed by atoms with E-state index in [0.29, 0.717) is 13.2 Å². The van der Waals surface area contributed by atoms with E-state index in [1.165, 1.54) is 32.1 Å². The third-order valence-corrected chi connectivity index (χ3v) is 3.99. The molecule has 0 aliphatic rings. The minimum atomic E-state index is -0.723. The molecule has 1 amide bonds. The van der Waals surface area contributed by atoms with E-state index in [1.807, 2.05) is 41.5 Å². The summed E-state index contributed by atoms with van der Waals surface area (Å²) in [4.78, 5) is 24.4. The van der Waals surface area contributed by atoms with Gasteiger partial charge in [0.15, 0.2) is 0 Å². The fourth-order valence-corrected chi connectivity index (χ4v) is 2.39. The van der Waals surface area contributed by atoms with E-state index in [1.54, 1.807) is 0 Å². The summed E-state index contributed by atoms with van der Waals surface area (Å²) in [5, 5.41) is 2.67. The lowest BCUT2D eigenvalue weighted by molar-refractivity contribution is -0.149. The van der Waals surface area contributed by atoms with Crippen LogP contribution in [0.3, 0.4) is 0 Å². The van der Waals surface area contributed by atoms with Crippen LogP contribution in [0.2, 0.25) is 0 Å². The number of amides is 1. The topological polar surface area (TPSA) is 64.6 Å². The molecule has 0 saturated carbocycles. The summed E-state index contributed by atoms with van der Waals surface area (Å²) in [6.45, 7) is 14.6. The predicted octanol–water partition coefficient (Wildman–Crippen LogP) is 5.47. The summed E-state index contributed by atoms with van der Waals surface area (Å²) in [5.41, 5.74) is -0.565. The maximum absolute atomic E-state index is 12.4. The van der Waals surface area contributed by atoms with Gasteiger partial charge in [-0.15, -0.1) is 0 Å². The van der Waals surface area contributed by atoms with E-state index in [2.05, 4.69) is 12.2 Å². The van der Waals surface area contributed by atoms with Crippen LogP contribution in [-0.2, 0) is 14.3 Å². The summed E-state index contributed by atoms with van der Waals surface area (Å²) >= 11 is 0. The molecule has 0 heterocycles. The number of carbonyl (C=O) groups is 2. The number of alkyl carbamates (subject to hydrolysis) is 1. The third kappa shape index (κ3) is 13.0. The Kier molecular flexibility index (Phi) is 11.6. The average molecular weight is 372 g/mol. The van der Waals surface area contributed by atoms with E-state index in [-0.39, 0.29) is 5.41 Å². The molecular weight excluding hydrogens is 330 g/mol. The highest BCUT2D eigenvalue weighted by Gasteiger charge is 2.34. The number of rotatable bonds is 11. The zero-order valence-corrected chi connectivity index (χ0v) is 18.1. The molecule has 0 radical (unpaired) electrons. The molecular formula is C21H41NO4. The Labute approximate surface area is 160 Å². The van der Waals surface area contributed by atoms with Crippen molar-refractivity contribution in [2.24, 2.45) is 10.8 Å². The quantitative estimate of drug-likeness (QED) is 0.386. The van der Waals surface area contributed by atoms with Crippen LogP contribution in [0.25, 0.3) is 0 Å². The number of ether oxygens (including phenoxy) is 2. The lowest BCUT2D eigenvalue weighted by atomic mass is 9.87. The molecule has 5 heteroatoms. The number of carbonyl (C=O) groups excluding carboxylic acids is 2. The van der Waals surface area contributed by atoms with Crippen LogP contribution >= 0.6 is 0 Å². The van der Waals surface area contributed by atoms with Crippen molar-refractivity contribution in [3.63, 3.8) is 0 Å². The van der Waals surface area contributed by atoms with Gasteiger partial charge in [0.05, 0.1) is 13.2 Å². The fourth-order valence-electron chi connectivity index (χ4n) is 2.39. The Morgan fingerprint density at radius 1 is 0.846 bits per heavy atom. The van der Waals surface area contributed by atoms with Gasteiger partial charge in [-0.3, -0.25) is 0 Å². The molecule has 0 aromatic rings. The Morgan fingerprint density at radius 2 is 1.38 bits per heavy atom. The first-order chi connectivity index (χ1) is 12.0. The van der Waals surface area contributed by atoms with Gasteiger partial charge in [-0.2, -0.15) is 0 Å². The van der Waals surface area contributed by atoms with Crippen molar-refractivity contribution >= 4 is 12.1 Å². The van der Waals surface area contributed by atoms with Crippen LogP contribution in [0, 0.1) is 10.8 Å². The summed E-state index contributed by atoms with van der Waals surface area (Å²) < 4.78 is 10.6. The smallest absolute Gasteiger partial charge is 0.407 e. The first-order valence-corrected chi connectivity index (χ1v) is 10.1. The highest BCUT2D eigenvalue weighted by Crippen LogP contribution is 2.21. The van der Waals surface area contributed by atoms with E-state index in [4.69, 9.17) is 9.47 Å². The molecule has 0 spiro atoms. The fraction of sp³-hybridized carbons (Fsp3) is 0.905. The third-order valence-electron chi connectivity index (χ3n) is 3.99. The first kappa shape index (κ1) is 24.7. The Morgan fingerprint density at radius 3 is 1.88 bits per heavy atom. The minimum Gasteiger partial charge on any atom is -0.464 e. The molecule has 0 fully saturated rings. The number of hydrogen-bond acceptors (Lipinski definition) is 4. The number of unbranched alkanes of at least 4 members (excludes halogenated alkanes) is 6. The zero-order valence-electron chi connectivity index (χ0n) is 18.1. The van der Waals surface area contributed by atoms with Gasteiger partial charge in [0.2, 0.25) is 0 Å². The Hall–Kier alpha value is -1.26. The van der Waals surface area contributed by atoms with Crippen LogP contribution < -0.4 is 5.32 Å². The maximum Gasteiger partial charge on any atom is 0.407 e. The van der Waals surface area contributed by atoms with E-state index < -0.39 is 23.5 Å². The second-order valence-corrected chi connectivity index (χ2v) is 9.37. The standard InChI is InChI=1S/C21H41NO4/c1-8-9-10-11-12-13-14-15-25-18(23)17(21(5,6)7)22-19(24)26-16-20(2,3)4/h17H,8-16H2,1-7H3,(H,22,24). The van der Waals surface area contributed by atoms with Crippen LogP contribution in [0.4, 0.5) is 4.79 Å². The number of esters is 1. The summed E-state index contributed by atoms with van der Waals surface area (Å²) in [5.74, 6) is -0.392. The van der Waals surface area contributed by atoms with Crippen molar-refractivity contribution in [1.29, 1.82) is 0 Å². The van der Waals surface area contributed by atoms with Gasteiger partial charge in [0, 0.05) is 0 Å². The van der Waals surface area contributed by atoms with Gasteiger partial charge >= 0.3 is 12.1 Å². The number of hydrogen-bond donors (Lipinski definition) is 1. The molecule has 1 atom stereocenters. The van der Waals surface area contributed by atoms with Crippen LogP contribution in [-0.4, -0.2) is 31.3 Å². The van der Waals surface area contributed by atoms with Gasteiger partial charge in [-0.25, -0.2) is 9.59 Å². The lowest BCUT2D eigenvalue weighted by Crippen LogP contribution is -2.50. The molecule has 1 N–H and O–H groups in total. The molecule has 0 bridgehead atoms. The number of nitrogens with one attached hydrogen (secondary N) is 1. The Bertz CT molecular complexity index is 407. The van der Waals surface area contributed by atoms with Crippen molar-refractivity contribution in [2.45, 2.75) is 99.5 Å². The molecule has 0 aliphatic carbocycles. The largest absolute Gasteiger partial charge is 0.464 e. The second kappa shape index (κ2) is 12.2. The molecule has 5 nitrogen and oxygen atoms in total. The van der Waals surface area contributed by atoms with E-state index in [0.717, 1.165) is 12.8 Å². The normalized spacial score (nSPS) is 13.2. The molecule has 0 aromatic carbocycles. The monoisotopic (exact) mass is 371 g/mol. The maximum atomic E-state index is 12.4. The van der Waals surface area contributed by atoms with Crippen LogP contribution in [0.15, 0.2) is 0 Å². The Balaban J connectivity index is 4.26. The molecule has 0 rings (SSSR count). The molecule has 0 aromatic heterocycles. The van der Waals surface area contributed by atoms with Crippen LogP contribution in [0.5, 0.6) is 0 Å². The minimum absolute atomic E-state index is 0.119. The van der Waals surface area contributed by atoms with Crippen molar-refractivity contribution in [3.05, 3.63) is 0 Å². The SMILES string of the molecule is CCCCCCCCCOC(=O)C(NC(=O)OCC(C)(C)C)C(C)(C)C. The van der Waals surface area contributed by atoms with Gasteiger partial charge in [0.25, 0.3) is 0 Å². The van der Waals surface area contributed by atoms with Crippen molar-refractivity contribution in [2.75, 3.05) is 13.2 Å². The average Bonchev–Trinajstić information content (AvgIpc) is 2.51. The summed E-state index contributed by atoms with van der Waals surface area (Å²) in [7, 11) is 0. The molecule has 1 unspecified atom stereocenters. The van der Waals surface area contributed by atoms with Crippen LogP contribution in [0.1, 0.15) is 93.4 Å². The van der Waals surface area contributed by atoms with Gasteiger partial charge < -0.3 is 14.8 Å². The van der Waals surface area contributed by atoms with E-state index in [9.17, 15) is 9.59 Å². The van der Waals surface area contributed by atoms with Gasteiger partial charge in [0.1, 0.15) is 6.04 Å². The van der Waals surface area contributed by atoms with E-state index >= 15 is 0 Å². The summed E-state index contributed by atoms with van der Waals surface area (Å²) in [6, 6.07) is -0.723. The highest BCUT2D eigenvalue weighted by molar-refractivity contribution is 5.82. The van der Waals surface area contributed by atoms with Crippen molar-refractivity contribution < 1.29 is 19.1 Å². The molecule has 26 heavy (non-hydrogen) atoms. The van der Waals surface area contributed by atoms with Crippen molar-refractivity contribution in [3.8, 4) is 0 Å². The highest BCUT2D eigenvalue weighted by atomic mass is 16.6. The molecule has 0 aliphatic heterocycles. The zero-order chi connectivity index (χ0) is 20.2. The lowest BCUT2D eigenvalue weighted by Gasteiger charge is -2.29. The molecule has 0 saturated heterocycles. The first-order valence-electron chi connectivity index (χ1n) is 10.1. The van der Waals surface area contributed by atoms with Crippen molar-refractivity contribution in [1.82, 2.24) is 5.32 Å². The summed E-state index contributed by atoms with van der Waals surface area (Å²) in [6.07, 6.45) is 7.60. The molecule has 154 valence electrons. The predicted molar refractivity (Wildman–Crippen MR) is 106 cm³/mol. The van der Waals surface area contributed by atoms with Gasteiger partial charge in [-0.1, -0.05) is 87.0 Å².